The lowest BCUT2D eigenvalue weighted by Crippen LogP contribution is -2.27. The van der Waals surface area contributed by atoms with Gasteiger partial charge in [0.2, 0.25) is 0 Å². The van der Waals surface area contributed by atoms with Crippen molar-refractivity contribution in [1.82, 2.24) is 5.43 Å². The highest BCUT2D eigenvalue weighted by Crippen LogP contribution is 2.32. The Morgan fingerprint density at radius 2 is 1.81 bits per heavy atom. The highest BCUT2D eigenvalue weighted by Gasteiger charge is 2.16. The van der Waals surface area contributed by atoms with E-state index in [1.54, 1.807) is 0 Å². The first-order chi connectivity index (χ1) is 10.1. The second-order valence-corrected chi connectivity index (χ2v) is 6.08. The van der Waals surface area contributed by atoms with Crippen molar-refractivity contribution in [1.29, 1.82) is 0 Å². The summed E-state index contributed by atoms with van der Waals surface area (Å²) in [6.45, 7) is 4.10. The number of rotatable bonds is 4. The summed E-state index contributed by atoms with van der Waals surface area (Å²) in [6, 6.07) is 7.98. The number of hydrogen-bond donors (Lipinski definition) is 2. The first kappa shape index (κ1) is 15.5. The van der Waals surface area contributed by atoms with Gasteiger partial charge in [0.25, 0.3) is 0 Å². The van der Waals surface area contributed by atoms with E-state index in [2.05, 4.69) is 48.6 Å². The van der Waals surface area contributed by atoms with Gasteiger partial charge in [-0.1, -0.05) is 57.4 Å². The molecule has 4 nitrogen and oxygen atoms in total. The Morgan fingerprint density at radius 1 is 1.19 bits per heavy atom. The highest BCUT2D eigenvalue weighted by molar-refractivity contribution is 6.02. The summed E-state index contributed by atoms with van der Waals surface area (Å²) >= 11 is 0. The molecule has 3 N–H and O–H groups in total. The van der Waals surface area contributed by atoms with Crippen LogP contribution in [0.3, 0.4) is 0 Å². The number of carbonyl (C=O) groups excluding carboxylic acids is 1. The second-order valence-electron chi connectivity index (χ2n) is 6.08. The van der Waals surface area contributed by atoms with E-state index in [-0.39, 0.29) is 5.92 Å². The maximum atomic E-state index is 10.8. The third-order valence-corrected chi connectivity index (χ3v) is 4.12. The van der Waals surface area contributed by atoms with Crippen LogP contribution in [0.4, 0.5) is 4.79 Å². The van der Waals surface area contributed by atoms with Crippen LogP contribution in [0.15, 0.2) is 29.4 Å². The summed E-state index contributed by atoms with van der Waals surface area (Å²) in [7, 11) is 0. The summed E-state index contributed by atoms with van der Waals surface area (Å²) in [5, 5.41) is 4.13. The minimum Gasteiger partial charge on any atom is -0.350 e. The van der Waals surface area contributed by atoms with Crippen LogP contribution in [0.2, 0.25) is 0 Å². The molecule has 2 amide bonds. The smallest absolute Gasteiger partial charge is 0.332 e. The van der Waals surface area contributed by atoms with Gasteiger partial charge in [-0.2, -0.15) is 5.10 Å². The van der Waals surface area contributed by atoms with Crippen molar-refractivity contribution in [2.75, 3.05) is 0 Å². The van der Waals surface area contributed by atoms with Crippen LogP contribution in [-0.4, -0.2) is 11.7 Å². The zero-order chi connectivity index (χ0) is 15.2. The van der Waals surface area contributed by atoms with E-state index in [4.69, 9.17) is 5.73 Å². The Hall–Kier alpha value is -1.84. The minimum absolute atomic E-state index is 0.220. The molecule has 1 aromatic carbocycles. The fourth-order valence-electron chi connectivity index (χ4n) is 3.00. The lowest BCUT2D eigenvalue weighted by molar-refractivity contribution is 0.249. The van der Waals surface area contributed by atoms with Gasteiger partial charge in [0.15, 0.2) is 0 Å². The second kappa shape index (κ2) is 7.25. The predicted octanol–water partition coefficient (Wildman–Crippen LogP) is 3.76. The maximum absolute atomic E-state index is 10.8. The Balaban J connectivity index is 2.15. The molecule has 0 saturated heterocycles. The number of hydrazone groups is 1. The molecule has 1 aliphatic rings. The molecule has 0 bridgehead atoms. The fraction of sp³-hybridized carbons (Fsp3) is 0.529. The Bertz CT molecular complexity index is 499. The number of nitrogens with one attached hydrogen (secondary N) is 1. The van der Waals surface area contributed by atoms with Crippen molar-refractivity contribution in [2.24, 2.45) is 16.8 Å². The molecule has 0 aromatic heterocycles. The van der Waals surface area contributed by atoms with Crippen molar-refractivity contribution in [3.05, 3.63) is 35.4 Å². The van der Waals surface area contributed by atoms with Crippen molar-refractivity contribution < 1.29 is 4.79 Å². The molecule has 0 spiro atoms. The largest absolute Gasteiger partial charge is 0.350 e. The molecule has 1 fully saturated rings. The van der Waals surface area contributed by atoms with E-state index in [9.17, 15) is 4.79 Å². The zero-order valence-corrected chi connectivity index (χ0v) is 12.9. The number of benzene rings is 1. The van der Waals surface area contributed by atoms with Gasteiger partial charge in [0.1, 0.15) is 0 Å². The molecule has 0 unspecified atom stereocenters. The molecule has 1 aliphatic carbocycles. The molecule has 4 heteroatoms. The van der Waals surface area contributed by atoms with Crippen LogP contribution in [0.1, 0.15) is 63.0 Å². The van der Waals surface area contributed by atoms with Gasteiger partial charge >= 0.3 is 6.03 Å². The molecule has 21 heavy (non-hydrogen) atoms. The van der Waals surface area contributed by atoms with E-state index in [0.717, 1.165) is 11.3 Å². The molecule has 0 heterocycles. The lowest BCUT2D eigenvalue weighted by Gasteiger charge is -2.22. The normalized spacial score (nSPS) is 17.0. The van der Waals surface area contributed by atoms with Gasteiger partial charge < -0.3 is 5.73 Å². The highest BCUT2D eigenvalue weighted by atomic mass is 16.2. The molecule has 114 valence electrons. The van der Waals surface area contributed by atoms with Gasteiger partial charge in [-0.25, -0.2) is 10.2 Å². The van der Waals surface area contributed by atoms with Crippen LogP contribution in [0.25, 0.3) is 0 Å². The lowest BCUT2D eigenvalue weighted by atomic mass is 9.83. The molecule has 1 saturated carbocycles. The first-order valence-electron chi connectivity index (χ1n) is 7.81. The van der Waals surface area contributed by atoms with Crippen LogP contribution >= 0.6 is 0 Å². The summed E-state index contributed by atoms with van der Waals surface area (Å²) in [4.78, 5) is 10.8. The van der Waals surface area contributed by atoms with E-state index in [0.29, 0.717) is 5.92 Å². The zero-order valence-electron chi connectivity index (χ0n) is 12.9. The van der Waals surface area contributed by atoms with Crippen LogP contribution < -0.4 is 11.2 Å². The molecular formula is C17H25N3O. The number of carbonyl (C=O) groups is 1. The average molecular weight is 287 g/mol. The fourth-order valence-corrected chi connectivity index (χ4v) is 3.00. The van der Waals surface area contributed by atoms with Crippen LogP contribution in [-0.2, 0) is 0 Å². The third-order valence-electron chi connectivity index (χ3n) is 4.12. The number of amides is 2. The number of nitrogens with zero attached hydrogens (tertiary/aromatic N) is 1. The topological polar surface area (TPSA) is 67.5 Å². The quantitative estimate of drug-likeness (QED) is 0.642. The van der Waals surface area contributed by atoms with Gasteiger partial charge in [0, 0.05) is 0 Å². The molecule has 2 rings (SSSR count). The van der Waals surface area contributed by atoms with Crippen molar-refractivity contribution in [3.8, 4) is 0 Å². The SMILES string of the molecule is CC(C)C(=NNC(N)=O)c1ccc(C2CCCCC2)cc1. The molecular weight excluding hydrogens is 262 g/mol. The number of urea groups is 1. The van der Waals surface area contributed by atoms with Crippen molar-refractivity contribution in [3.63, 3.8) is 0 Å². The maximum Gasteiger partial charge on any atom is 0.332 e. The van der Waals surface area contributed by atoms with Crippen molar-refractivity contribution in [2.45, 2.75) is 51.9 Å². The van der Waals surface area contributed by atoms with E-state index in [1.165, 1.54) is 37.7 Å². The van der Waals surface area contributed by atoms with Crippen molar-refractivity contribution >= 4 is 11.7 Å². The average Bonchev–Trinajstić information content (AvgIpc) is 2.48. The third kappa shape index (κ3) is 4.31. The van der Waals surface area contributed by atoms with Gasteiger partial charge in [0.05, 0.1) is 5.71 Å². The predicted molar refractivity (Wildman–Crippen MR) is 86.4 cm³/mol. The summed E-state index contributed by atoms with van der Waals surface area (Å²) in [5.41, 5.74) is 10.7. The van der Waals surface area contributed by atoms with Crippen LogP contribution in [0.5, 0.6) is 0 Å². The Kier molecular flexibility index (Phi) is 5.37. The number of nitrogens with two attached hydrogens (primary N) is 1. The van der Waals surface area contributed by atoms with Crippen LogP contribution in [0, 0.1) is 5.92 Å². The van der Waals surface area contributed by atoms with E-state index in [1.807, 2.05) is 0 Å². The van der Waals surface area contributed by atoms with Gasteiger partial charge in [-0.05, 0) is 35.8 Å². The summed E-state index contributed by atoms with van der Waals surface area (Å²) < 4.78 is 0. The Morgan fingerprint density at radius 3 is 2.33 bits per heavy atom. The summed E-state index contributed by atoms with van der Waals surface area (Å²) in [6.07, 6.45) is 6.65. The van der Waals surface area contributed by atoms with E-state index >= 15 is 0 Å². The minimum atomic E-state index is -0.632. The molecule has 0 aliphatic heterocycles. The monoisotopic (exact) mass is 287 g/mol. The van der Waals surface area contributed by atoms with Gasteiger partial charge in [-0.15, -0.1) is 0 Å². The Labute approximate surface area is 126 Å². The van der Waals surface area contributed by atoms with Gasteiger partial charge in [-0.3, -0.25) is 0 Å². The molecule has 0 atom stereocenters. The molecule has 0 radical (unpaired) electrons. The number of primary amides is 1. The number of hydrogen-bond acceptors (Lipinski definition) is 2. The van der Waals surface area contributed by atoms with E-state index < -0.39 is 6.03 Å². The molecule has 1 aromatic rings. The summed E-state index contributed by atoms with van der Waals surface area (Å²) in [5.74, 6) is 0.924. The standard InChI is InChI=1S/C17H25N3O/c1-12(2)16(19-20-17(18)21)15-10-8-14(9-11-15)13-6-4-3-5-7-13/h8-13H,3-7H2,1-2H3,(H3,18,20,21). The first-order valence-corrected chi connectivity index (χ1v) is 7.81.